The van der Waals surface area contributed by atoms with E-state index in [0.29, 0.717) is 31.6 Å². The summed E-state index contributed by atoms with van der Waals surface area (Å²) < 4.78 is 0. The van der Waals surface area contributed by atoms with Crippen LogP contribution < -0.4 is 0 Å². The maximum Gasteiger partial charge on any atom is 0.155 e. The Balaban J connectivity index is 1.76. The summed E-state index contributed by atoms with van der Waals surface area (Å²) in [6, 6.07) is 0. The maximum atomic E-state index is 12.2. The molecule has 8 atom stereocenters. The number of carbonyl (C=O) groups is 2. The van der Waals surface area contributed by atoms with Crippen LogP contribution in [0.1, 0.15) is 59.3 Å². The molecule has 4 rings (SSSR count). The van der Waals surface area contributed by atoms with Gasteiger partial charge in [0.25, 0.3) is 0 Å². The first-order valence-electron chi connectivity index (χ1n) is 9.80. The Kier molecular flexibility index (Phi) is 3.83. The third-order valence-corrected chi connectivity index (χ3v) is 8.40. The monoisotopic (exact) mass is 346 g/mol. The van der Waals surface area contributed by atoms with Crippen LogP contribution in [-0.4, -0.2) is 34.0 Å². The predicted octanol–water partition coefficient (Wildman–Crippen LogP) is 2.67. The minimum absolute atomic E-state index is 0.0305. The van der Waals surface area contributed by atoms with Crippen LogP contribution in [0.25, 0.3) is 0 Å². The highest BCUT2D eigenvalue weighted by Crippen LogP contribution is 2.66. The minimum Gasteiger partial charge on any atom is -0.393 e. The van der Waals surface area contributed by atoms with E-state index >= 15 is 0 Å². The topological polar surface area (TPSA) is 74.6 Å². The van der Waals surface area contributed by atoms with Crippen molar-refractivity contribution < 1.29 is 19.8 Å². The predicted molar refractivity (Wildman–Crippen MR) is 93.7 cm³/mol. The highest BCUT2D eigenvalue weighted by molar-refractivity contribution is 5.92. The Morgan fingerprint density at radius 3 is 2.64 bits per heavy atom. The van der Waals surface area contributed by atoms with Crippen LogP contribution in [0.3, 0.4) is 0 Å². The summed E-state index contributed by atoms with van der Waals surface area (Å²) in [5.41, 5.74) is 0.383. The molecule has 0 spiro atoms. The zero-order valence-corrected chi connectivity index (χ0v) is 15.5. The van der Waals surface area contributed by atoms with Crippen molar-refractivity contribution >= 4 is 11.6 Å². The van der Waals surface area contributed by atoms with Gasteiger partial charge in [0.1, 0.15) is 5.78 Å². The zero-order chi connectivity index (χ0) is 18.1. The largest absolute Gasteiger partial charge is 0.393 e. The van der Waals surface area contributed by atoms with E-state index < -0.39 is 12.2 Å². The molecule has 4 aliphatic rings. The van der Waals surface area contributed by atoms with Crippen LogP contribution in [0.2, 0.25) is 0 Å². The smallest absolute Gasteiger partial charge is 0.155 e. The van der Waals surface area contributed by atoms with Crippen molar-refractivity contribution in [1.82, 2.24) is 0 Å². The summed E-state index contributed by atoms with van der Waals surface area (Å²) in [6.45, 7) is 6.00. The van der Waals surface area contributed by atoms with E-state index in [0.717, 1.165) is 18.4 Å². The average Bonchev–Trinajstić information content (AvgIpc) is 2.85. The van der Waals surface area contributed by atoms with E-state index in [-0.39, 0.29) is 40.2 Å². The lowest BCUT2D eigenvalue weighted by Crippen LogP contribution is -2.59. The van der Waals surface area contributed by atoms with Crippen molar-refractivity contribution in [1.29, 1.82) is 0 Å². The van der Waals surface area contributed by atoms with Gasteiger partial charge in [0.05, 0.1) is 12.2 Å². The highest BCUT2D eigenvalue weighted by Gasteiger charge is 2.63. The number of rotatable bonds is 1. The van der Waals surface area contributed by atoms with E-state index in [4.69, 9.17) is 0 Å². The summed E-state index contributed by atoms with van der Waals surface area (Å²) >= 11 is 0. The Bertz CT molecular complexity index is 652. The molecule has 0 unspecified atom stereocenters. The number of Topliss-reactive ketones (excluding diaryl/α,β-unsaturated/α-hetero) is 1. The van der Waals surface area contributed by atoms with Gasteiger partial charge in [0.2, 0.25) is 0 Å². The molecular weight excluding hydrogens is 316 g/mol. The first-order valence-corrected chi connectivity index (χ1v) is 9.80. The lowest BCUT2D eigenvalue weighted by molar-refractivity contribution is -0.152. The molecule has 0 heterocycles. The van der Waals surface area contributed by atoms with Crippen molar-refractivity contribution in [2.75, 3.05) is 0 Å². The fourth-order valence-electron chi connectivity index (χ4n) is 7.41. The second-order valence-corrected chi connectivity index (χ2v) is 9.55. The molecule has 0 bridgehead atoms. The molecule has 3 fully saturated rings. The molecule has 4 heteroatoms. The van der Waals surface area contributed by atoms with Gasteiger partial charge in [-0.2, -0.15) is 0 Å². The van der Waals surface area contributed by atoms with Gasteiger partial charge in [-0.1, -0.05) is 13.8 Å². The average molecular weight is 346 g/mol. The second kappa shape index (κ2) is 5.50. The summed E-state index contributed by atoms with van der Waals surface area (Å²) in [5, 5.41) is 22.0. The first kappa shape index (κ1) is 17.4. The van der Waals surface area contributed by atoms with Crippen molar-refractivity contribution in [2.45, 2.75) is 71.5 Å². The molecule has 4 nitrogen and oxygen atoms in total. The third-order valence-electron chi connectivity index (χ3n) is 8.40. The maximum absolute atomic E-state index is 12.2. The fraction of sp³-hybridized carbons (Fsp3) is 0.810. The van der Waals surface area contributed by atoms with Gasteiger partial charge in [0.15, 0.2) is 5.78 Å². The number of hydrogen-bond donors (Lipinski definition) is 2. The van der Waals surface area contributed by atoms with Crippen LogP contribution in [0.5, 0.6) is 0 Å². The summed E-state index contributed by atoms with van der Waals surface area (Å²) in [6.07, 6.45) is 4.99. The third kappa shape index (κ3) is 2.26. The normalized spacial score (nSPS) is 52.0. The van der Waals surface area contributed by atoms with E-state index in [9.17, 15) is 19.8 Å². The molecule has 0 saturated heterocycles. The minimum atomic E-state index is -0.596. The molecule has 4 aliphatic carbocycles. The lowest BCUT2D eigenvalue weighted by atomic mass is 9.45. The summed E-state index contributed by atoms with van der Waals surface area (Å²) in [7, 11) is 0. The van der Waals surface area contributed by atoms with E-state index in [1.807, 2.05) is 0 Å². The number of aliphatic hydroxyl groups is 2. The lowest BCUT2D eigenvalue weighted by Gasteiger charge is -2.60. The fourth-order valence-corrected chi connectivity index (χ4v) is 7.41. The molecule has 3 saturated carbocycles. The molecule has 138 valence electrons. The first-order chi connectivity index (χ1) is 11.7. The van der Waals surface area contributed by atoms with Crippen LogP contribution >= 0.6 is 0 Å². The zero-order valence-electron chi connectivity index (χ0n) is 15.5. The van der Waals surface area contributed by atoms with Gasteiger partial charge in [-0.3, -0.25) is 9.59 Å². The van der Waals surface area contributed by atoms with E-state index in [1.165, 1.54) is 0 Å². The number of ketones is 2. The van der Waals surface area contributed by atoms with Gasteiger partial charge in [-0.25, -0.2) is 0 Å². The quantitative estimate of drug-likeness (QED) is 0.765. The molecule has 25 heavy (non-hydrogen) atoms. The number of fused-ring (bicyclic) bond motifs is 5. The van der Waals surface area contributed by atoms with Crippen LogP contribution in [0.15, 0.2) is 11.6 Å². The molecule has 0 radical (unpaired) electrons. The Labute approximate surface area is 149 Å². The summed E-state index contributed by atoms with van der Waals surface area (Å²) in [4.78, 5) is 24.1. The van der Waals surface area contributed by atoms with Crippen LogP contribution in [0, 0.1) is 34.5 Å². The van der Waals surface area contributed by atoms with Gasteiger partial charge >= 0.3 is 0 Å². The number of aliphatic hydroxyl groups excluding tert-OH is 2. The van der Waals surface area contributed by atoms with E-state index in [1.54, 1.807) is 13.0 Å². The van der Waals surface area contributed by atoms with Crippen molar-refractivity contribution in [3.8, 4) is 0 Å². The Hall–Kier alpha value is -1.00. The molecule has 0 aromatic rings. The molecular formula is C21H30O4. The SMILES string of the molecule is CC(=O)[C@H]1CC[C@H]2[C@@H]3C[C@H](O)C4=CC(=O)CC[C@]4(C)[C@H]3[C@@H](O)C[C@]12C. The van der Waals surface area contributed by atoms with Crippen molar-refractivity contribution in [2.24, 2.45) is 34.5 Å². The standard InChI is InChI=1S/C21H30O4/c1-11(22)14-4-5-15-13-9-17(24)16-8-12(23)6-7-20(16,2)19(13)18(25)10-21(14,15)3/h8,13-15,17-19,24-25H,4-7,9-10H2,1-3H3/t13-,14+,15-,17-,18-,19+,20-,21+/m0/s1. The molecule has 0 aliphatic heterocycles. The van der Waals surface area contributed by atoms with Crippen molar-refractivity contribution in [3.63, 3.8) is 0 Å². The highest BCUT2D eigenvalue weighted by atomic mass is 16.3. The van der Waals surface area contributed by atoms with Gasteiger partial charge in [0, 0.05) is 12.3 Å². The van der Waals surface area contributed by atoms with E-state index in [2.05, 4.69) is 13.8 Å². The molecule has 2 N–H and O–H groups in total. The number of hydrogen-bond acceptors (Lipinski definition) is 4. The molecule has 0 aromatic carbocycles. The molecule has 0 amide bonds. The van der Waals surface area contributed by atoms with Gasteiger partial charge in [-0.15, -0.1) is 0 Å². The molecule has 0 aromatic heterocycles. The van der Waals surface area contributed by atoms with Gasteiger partial charge in [-0.05, 0) is 79.3 Å². The Morgan fingerprint density at radius 1 is 1.24 bits per heavy atom. The number of carbonyl (C=O) groups excluding carboxylic acids is 2. The van der Waals surface area contributed by atoms with Crippen molar-refractivity contribution in [3.05, 3.63) is 11.6 Å². The van der Waals surface area contributed by atoms with Crippen LogP contribution in [-0.2, 0) is 9.59 Å². The van der Waals surface area contributed by atoms with Crippen LogP contribution in [0.4, 0.5) is 0 Å². The second-order valence-electron chi connectivity index (χ2n) is 9.55. The van der Waals surface area contributed by atoms with Gasteiger partial charge < -0.3 is 10.2 Å². The summed E-state index contributed by atoms with van der Waals surface area (Å²) in [5.74, 6) is 1.05. The Morgan fingerprint density at radius 2 is 1.96 bits per heavy atom.